The van der Waals surface area contributed by atoms with Gasteiger partial charge in [-0.1, -0.05) is 17.7 Å². The van der Waals surface area contributed by atoms with Crippen LogP contribution in [0.5, 0.6) is 5.75 Å². The molecule has 0 aliphatic heterocycles. The zero-order valence-electron chi connectivity index (χ0n) is 17.0. The van der Waals surface area contributed by atoms with Crippen LogP contribution in [0.3, 0.4) is 0 Å². The molecule has 8 heteroatoms. The minimum absolute atomic E-state index is 0.0490. The fourth-order valence-corrected chi connectivity index (χ4v) is 3.99. The van der Waals surface area contributed by atoms with Gasteiger partial charge in [0.05, 0.1) is 30.9 Å². The Bertz CT molecular complexity index is 1110. The number of ether oxygens (including phenoxy) is 1. The lowest BCUT2D eigenvalue weighted by atomic mass is 10.0. The summed E-state index contributed by atoms with van der Waals surface area (Å²) in [4.78, 5) is 12.7. The predicted octanol–water partition coefficient (Wildman–Crippen LogP) is 3.57. The zero-order chi connectivity index (χ0) is 21.7. The molecule has 1 atom stereocenters. The minimum atomic E-state index is -3.72. The Morgan fingerprint density at radius 3 is 2.50 bits per heavy atom. The Kier molecular flexibility index (Phi) is 6.59. The van der Waals surface area contributed by atoms with Crippen LogP contribution in [-0.4, -0.2) is 21.4 Å². The van der Waals surface area contributed by atoms with Crippen LogP contribution >= 0.6 is 0 Å². The molecule has 0 radical (unpaired) electrons. The molecule has 3 rings (SSSR count). The molecular formula is C22H24N2O5S. The highest BCUT2D eigenvalue weighted by atomic mass is 32.2. The number of nitrogens with one attached hydrogen (secondary N) is 2. The average Bonchev–Trinajstić information content (AvgIpc) is 3.26. The number of methoxy groups -OCH3 is 1. The van der Waals surface area contributed by atoms with E-state index in [-0.39, 0.29) is 23.4 Å². The van der Waals surface area contributed by atoms with Gasteiger partial charge in [-0.3, -0.25) is 4.79 Å². The van der Waals surface area contributed by atoms with E-state index in [0.29, 0.717) is 17.1 Å². The van der Waals surface area contributed by atoms with Gasteiger partial charge >= 0.3 is 0 Å². The lowest BCUT2D eigenvalue weighted by molar-refractivity contribution is 0.0939. The molecule has 30 heavy (non-hydrogen) atoms. The maximum absolute atomic E-state index is 12.6. The first-order chi connectivity index (χ1) is 14.3. The lowest BCUT2D eigenvalue weighted by Gasteiger charge is -2.18. The Morgan fingerprint density at radius 2 is 1.87 bits per heavy atom. The summed E-state index contributed by atoms with van der Waals surface area (Å²) in [5, 5.41) is 2.92. The Labute approximate surface area is 176 Å². The number of benzene rings is 2. The smallest absolute Gasteiger partial charge is 0.251 e. The SMILES string of the molecule is COc1ccc(C)cc1[C@@H](C)NC(=O)c1ccc(S(=O)(=O)NCc2ccco2)cc1. The van der Waals surface area contributed by atoms with Gasteiger partial charge < -0.3 is 14.5 Å². The van der Waals surface area contributed by atoms with E-state index in [1.165, 1.54) is 30.5 Å². The Hall–Kier alpha value is -3.10. The minimum Gasteiger partial charge on any atom is -0.496 e. The molecule has 1 amide bonds. The van der Waals surface area contributed by atoms with Crippen molar-refractivity contribution in [1.82, 2.24) is 10.0 Å². The van der Waals surface area contributed by atoms with E-state index in [9.17, 15) is 13.2 Å². The second-order valence-corrected chi connectivity index (χ2v) is 8.64. The highest BCUT2D eigenvalue weighted by Crippen LogP contribution is 2.26. The number of sulfonamides is 1. The molecule has 0 unspecified atom stereocenters. The monoisotopic (exact) mass is 428 g/mol. The summed E-state index contributed by atoms with van der Waals surface area (Å²) in [6.07, 6.45) is 1.48. The molecule has 158 valence electrons. The quantitative estimate of drug-likeness (QED) is 0.572. The largest absolute Gasteiger partial charge is 0.496 e. The summed E-state index contributed by atoms with van der Waals surface area (Å²) in [7, 11) is -2.13. The van der Waals surface area contributed by atoms with Crippen LogP contribution < -0.4 is 14.8 Å². The number of hydrogen-bond acceptors (Lipinski definition) is 5. The number of hydrogen-bond donors (Lipinski definition) is 2. The highest BCUT2D eigenvalue weighted by molar-refractivity contribution is 7.89. The van der Waals surface area contributed by atoms with Crippen molar-refractivity contribution in [1.29, 1.82) is 0 Å². The van der Waals surface area contributed by atoms with Gasteiger partial charge in [0.2, 0.25) is 10.0 Å². The molecule has 0 aliphatic carbocycles. The topological polar surface area (TPSA) is 97.6 Å². The van der Waals surface area contributed by atoms with Crippen LogP contribution in [0.25, 0.3) is 0 Å². The second-order valence-electron chi connectivity index (χ2n) is 6.87. The van der Waals surface area contributed by atoms with E-state index in [2.05, 4.69) is 10.0 Å². The Morgan fingerprint density at radius 1 is 1.13 bits per heavy atom. The van der Waals surface area contributed by atoms with Crippen molar-refractivity contribution in [3.63, 3.8) is 0 Å². The molecule has 0 bridgehead atoms. The van der Waals surface area contributed by atoms with Crippen molar-refractivity contribution in [3.05, 3.63) is 83.3 Å². The van der Waals surface area contributed by atoms with Crippen molar-refractivity contribution in [3.8, 4) is 5.75 Å². The molecule has 0 aliphatic rings. The van der Waals surface area contributed by atoms with Crippen molar-refractivity contribution in [2.45, 2.75) is 31.3 Å². The summed E-state index contributed by atoms with van der Waals surface area (Å²) in [6.45, 7) is 3.89. The van der Waals surface area contributed by atoms with Crippen LogP contribution in [0.2, 0.25) is 0 Å². The van der Waals surface area contributed by atoms with Crippen LogP contribution in [0.4, 0.5) is 0 Å². The first-order valence-electron chi connectivity index (χ1n) is 9.37. The van der Waals surface area contributed by atoms with E-state index in [0.717, 1.165) is 11.1 Å². The van der Waals surface area contributed by atoms with Crippen molar-refractivity contribution >= 4 is 15.9 Å². The van der Waals surface area contributed by atoms with Gasteiger partial charge in [0.1, 0.15) is 11.5 Å². The number of rotatable bonds is 8. The molecule has 1 aromatic heterocycles. The average molecular weight is 429 g/mol. The van der Waals surface area contributed by atoms with Crippen molar-refractivity contribution in [2.75, 3.05) is 7.11 Å². The molecule has 0 saturated carbocycles. The summed E-state index contributed by atoms with van der Waals surface area (Å²) in [5.41, 5.74) is 2.29. The normalized spacial score (nSPS) is 12.4. The third-order valence-electron chi connectivity index (χ3n) is 4.64. The summed E-state index contributed by atoms with van der Waals surface area (Å²) < 4.78 is 37.8. The van der Waals surface area contributed by atoms with Gasteiger partial charge in [-0.25, -0.2) is 13.1 Å². The molecule has 2 aromatic carbocycles. The molecular weight excluding hydrogens is 404 g/mol. The van der Waals surface area contributed by atoms with Crippen LogP contribution in [-0.2, 0) is 16.6 Å². The molecule has 1 heterocycles. The molecule has 7 nitrogen and oxygen atoms in total. The fourth-order valence-electron chi connectivity index (χ4n) is 3.00. The number of amides is 1. The van der Waals surface area contributed by atoms with Crippen LogP contribution in [0.15, 0.2) is 70.2 Å². The number of aryl methyl sites for hydroxylation is 1. The van der Waals surface area contributed by atoms with E-state index in [1.807, 2.05) is 32.0 Å². The van der Waals surface area contributed by atoms with Gasteiger partial charge in [-0.2, -0.15) is 0 Å². The van der Waals surface area contributed by atoms with E-state index in [1.54, 1.807) is 19.2 Å². The molecule has 2 N–H and O–H groups in total. The third kappa shape index (κ3) is 5.08. The molecule has 3 aromatic rings. The van der Waals surface area contributed by atoms with Crippen molar-refractivity contribution < 1.29 is 22.4 Å². The standard InChI is InChI=1S/C22H24N2O5S/c1-15-6-11-21(28-3)20(13-15)16(2)24-22(25)17-7-9-19(10-8-17)30(26,27)23-14-18-5-4-12-29-18/h4-13,16,23H,14H2,1-3H3,(H,24,25)/t16-/m1/s1. The van der Waals surface area contributed by atoms with Gasteiger partial charge in [-0.15, -0.1) is 0 Å². The maximum Gasteiger partial charge on any atom is 0.251 e. The molecule has 0 fully saturated rings. The fraction of sp³-hybridized carbons (Fsp3) is 0.227. The van der Waals surface area contributed by atoms with Crippen molar-refractivity contribution in [2.24, 2.45) is 0 Å². The van der Waals surface area contributed by atoms with Gasteiger partial charge in [-0.05, 0) is 56.3 Å². The van der Waals surface area contributed by atoms with Gasteiger partial charge in [0.15, 0.2) is 0 Å². The molecule has 0 saturated heterocycles. The molecule has 0 spiro atoms. The number of furan rings is 1. The van der Waals surface area contributed by atoms with Crippen LogP contribution in [0.1, 0.15) is 40.2 Å². The third-order valence-corrected chi connectivity index (χ3v) is 6.06. The summed E-state index contributed by atoms with van der Waals surface area (Å²) in [5.74, 6) is 0.895. The van der Waals surface area contributed by atoms with Gasteiger partial charge in [0.25, 0.3) is 5.91 Å². The highest BCUT2D eigenvalue weighted by Gasteiger charge is 2.18. The number of carbonyl (C=O) groups excluding carboxylic acids is 1. The van der Waals surface area contributed by atoms with Crippen LogP contribution in [0, 0.1) is 6.92 Å². The van der Waals surface area contributed by atoms with Gasteiger partial charge in [0, 0.05) is 11.1 Å². The van der Waals surface area contributed by atoms with E-state index < -0.39 is 10.0 Å². The van der Waals surface area contributed by atoms with E-state index >= 15 is 0 Å². The van der Waals surface area contributed by atoms with E-state index in [4.69, 9.17) is 9.15 Å². The summed E-state index contributed by atoms with van der Waals surface area (Å²) >= 11 is 0. The summed E-state index contributed by atoms with van der Waals surface area (Å²) in [6, 6.07) is 14.6. The number of carbonyl (C=O) groups is 1. The maximum atomic E-state index is 12.6. The zero-order valence-corrected chi connectivity index (χ0v) is 17.8. The predicted molar refractivity (Wildman–Crippen MR) is 113 cm³/mol. The lowest BCUT2D eigenvalue weighted by Crippen LogP contribution is -2.27. The Balaban J connectivity index is 1.68. The first kappa shape index (κ1) is 21.6. The first-order valence-corrected chi connectivity index (χ1v) is 10.9. The second kappa shape index (κ2) is 9.15.